The first-order valence-electron chi connectivity index (χ1n) is 7.18. The Kier molecular flexibility index (Phi) is 12.0. The first kappa shape index (κ1) is 18.8. The fourth-order valence-electron chi connectivity index (χ4n) is 1.84. The summed E-state index contributed by atoms with van der Waals surface area (Å²) < 4.78 is 0. The maximum Gasteiger partial charge on any atom is 0.119 e. The summed E-state index contributed by atoms with van der Waals surface area (Å²) in [6.07, 6.45) is 4.62. The van der Waals surface area contributed by atoms with Crippen molar-refractivity contribution >= 4 is 6.29 Å². The summed E-state index contributed by atoms with van der Waals surface area (Å²) >= 11 is 0. The van der Waals surface area contributed by atoms with Gasteiger partial charge in [-0.05, 0) is 57.5 Å². The third kappa shape index (κ3) is 8.80. The highest BCUT2D eigenvalue weighted by Gasteiger charge is 2.06. The van der Waals surface area contributed by atoms with E-state index in [4.69, 9.17) is 5.73 Å². The Morgan fingerprint density at radius 2 is 2.05 bits per heavy atom. The molecular weight excluding hydrogens is 252 g/mol. The molecule has 4 heteroatoms. The first-order chi connectivity index (χ1) is 9.69. The van der Waals surface area contributed by atoms with Crippen molar-refractivity contribution in [3.63, 3.8) is 0 Å². The van der Waals surface area contributed by atoms with Gasteiger partial charge in [-0.3, -0.25) is 0 Å². The minimum atomic E-state index is -0.463. The molecule has 0 aliphatic carbocycles. The van der Waals surface area contributed by atoms with Gasteiger partial charge in [0.1, 0.15) is 6.29 Å². The zero-order valence-electron chi connectivity index (χ0n) is 12.6. The number of aryl methyl sites for hydroxylation is 1. The second kappa shape index (κ2) is 12.8. The van der Waals surface area contributed by atoms with Crippen molar-refractivity contribution in [1.82, 2.24) is 5.32 Å². The number of rotatable bonds is 8. The number of nitrogens with two attached hydrogens (primary N) is 1. The predicted octanol–water partition coefficient (Wildman–Crippen LogP) is 1.82. The minimum Gasteiger partial charge on any atom is -0.388 e. The number of hydrogen-bond donors (Lipinski definition) is 3. The van der Waals surface area contributed by atoms with Crippen molar-refractivity contribution in [3.8, 4) is 0 Å². The molecule has 20 heavy (non-hydrogen) atoms. The zero-order valence-corrected chi connectivity index (χ0v) is 12.6. The van der Waals surface area contributed by atoms with Crippen LogP contribution in [-0.4, -0.2) is 32.0 Å². The largest absolute Gasteiger partial charge is 0.388 e. The van der Waals surface area contributed by atoms with Crippen LogP contribution in [0.5, 0.6) is 0 Å². The molecule has 0 fully saturated rings. The Balaban J connectivity index is 0.00000110. The number of aliphatic hydroxyl groups is 1. The predicted molar refractivity (Wildman–Crippen MR) is 83.7 cm³/mol. The third-order valence-corrected chi connectivity index (χ3v) is 2.81. The van der Waals surface area contributed by atoms with Gasteiger partial charge >= 0.3 is 0 Å². The van der Waals surface area contributed by atoms with Gasteiger partial charge in [-0.15, -0.1) is 0 Å². The lowest BCUT2D eigenvalue weighted by molar-refractivity contribution is -0.107. The van der Waals surface area contributed by atoms with Crippen LogP contribution >= 0.6 is 0 Å². The van der Waals surface area contributed by atoms with Crippen LogP contribution < -0.4 is 11.1 Å². The van der Waals surface area contributed by atoms with Crippen molar-refractivity contribution in [1.29, 1.82) is 0 Å². The SMILES string of the molecule is CNC.NCCC(O)c1cccc(CCCCC=O)c1. The van der Waals surface area contributed by atoms with Gasteiger partial charge in [-0.1, -0.05) is 24.3 Å². The number of nitrogens with one attached hydrogen (secondary N) is 1. The van der Waals surface area contributed by atoms with Crippen LogP contribution in [0.3, 0.4) is 0 Å². The van der Waals surface area contributed by atoms with Crippen LogP contribution in [0.1, 0.15) is 42.9 Å². The Bertz CT molecular complexity index is 356. The highest BCUT2D eigenvalue weighted by molar-refractivity contribution is 5.48. The zero-order chi connectivity index (χ0) is 15.2. The van der Waals surface area contributed by atoms with Gasteiger partial charge in [0.2, 0.25) is 0 Å². The lowest BCUT2D eigenvalue weighted by atomic mass is 10.0. The van der Waals surface area contributed by atoms with E-state index in [1.165, 1.54) is 5.56 Å². The van der Waals surface area contributed by atoms with Crippen LogP contribution in [0, 0.1) is 0 Å². The van der Waals surface area contributed by atoms with Gasteiger partial charge in [-0.2, -0.15) is 0 Å². The lowest BCUT2D eigenvalue weighted by Crippen LogP contribution is -2.06. The van der Waals surface area contributed by atoms with Gasteiger partial charge in [0.15, 0.2) is 0 Å². The molecular formula is C16H28N2O2. The van der Waals surface area contributed by atoms with Crippen molar-refractivity contribution in [3.05, 3.63) is 35.4 Å². The molecule has 0 amide bonds. The number of carbonyl (C=O) groups is 1. The van der Waals surface area contributed by atoms with Crippen LogP contribution in [0.2, 0.25) is 0 Å². The molecule has 0 aliphatic heterocycles. The van der Waals surface area contributed by atoms with Crippen LogP contribution in [0.15, 0.2) is 24.3 Å². The molecule has 4 N–H and O–H groups in total. The van der Waals surface area contributed by atoms with E-state index in [2.05, 4.69) is 11.4 Å². The quantitative estimate of drug-likeness (QED) is 0.501. The van der Waals surface area contributed by atoms with E-state index in [9.17, 15) is 9.90 Å². The smallest absolute Gasteiger partial charge is 0.119 e. The topological polar surface area (TPSA) is 75.3 Å². The van der Waals surface area contributed by atoms with E-state index in [1.54, 1.807) is 0 Å². The van der Waals surface area contributed by atoms with Crippen LogP contribution in [0.25, 0.3) is 0 Å². The standard InChI is InChI=1S/C14H21NO2.C2H7N/c15-9-8-14(17)13-7-4-6-12(11-13)5-2-1-3-10-16;1-3-2/h4,6-7,10-11,14,17H,1-3,5,8-9,15H2;3H,1-2H3. The molecule has 1 aromatic rings. The molecule has 1 aromatic carbocycles. The summed E-state index contributed by atoms with van der Waals surface area (Å²) in [5, 5.41) is 12.6. The van der Waals surface area contributed by atoms with Crippen molar-refractivity contribution in [2.75, 3.05) is 20.6 Å². The summed E-state index contributed by atoms with van der Waals surface area (Å²) in [4.78, 5) is 10.2. The van der Waals surface area contributed by atoms with E-state index >= 15 is 0 Å². The second-order valence-corrected chi connectivity index (χ2v) is 4.75. The molecule has 114 valence electrons. The molecule has 1 rings (SSSR count). The van der Waals surface area contributed by atoms with Gasteiger partial charge in [0.05, 0.1) is 6.10 Å². The monoisotopic (exact) mass is 280 g/mol. The summed E-state index contributed by atoms with van der Waals surface area (Å²) in [5.74, 6) is 0. The number of aldehydes is 1. The van der Waals surface area contributed by atoms with E-state index < -0.39 is 6.10 Å². The molecule has 4 nitrogen and oxygen atoms in total. The van der Waals surface area contributed by atoms with Gasteiger partial charge in [0.25, 0.3) is 0 Å². The average molecular weight is 280 g/mol. The Hall–Kier alpha value is -1.23. The molecule has 0 radical (unpaired) electrons. The molecule has 1 unspecified atom stereocenters. The average Bonchev–Trinajstić information content (AvgIpc) is 2.45. The Morgan fingerprint density at radius 3 is 2.65 bits per heavy atom. The van der Waals surface area contributed by atoms with Crippen molar-refractivity contribution in [2.45, 2.75) is 38.2 Å². The number of aliphatic hydroxyl groups excluding tert-OH is 1. The maximum atomic E-state index is 10.2. The Morgan fingerprint density at radius 1 is 1.35 bits per heavy atom. The van der Waals surface area contributed by atoms with Gasteiger partial charge in [-0.25, -0.2) is 0 Å². The highest BCUT2D eigenvalue weighted by Crippen LogP contribution is 2.18. The number of hydrogen-bond acceptors (Lipinski definition) is 4. The van der Waals surface area contributed by atoms with Gasteiger partial charge < -0.3 is 21.0 Å². The normalized spacial score (nSPS) is 11.4. The van der Waals surface area contributed by atoms with E-state index in [0.29, 0.717) is 19.4 Å². The minimum absolute atomic E-state index is 0.463. The summed E-state index contributed by atoms with van der Waals surface area (Å²) in [7, 11) is 3.75. The lowest BCUT2D eigenvalue weighted by Gasteiger charge is -2.11. The fraction of sp³-hybridized carbons (Fsp3) is 0.562. The van der Waals surface area contributed by atoms with Crippen LogP contribution in [0.4, 0.5) is 0 Å². The van der Waals surface area contributed by atoms with Crippen LogP contribution in [-0.2, 0) is 11.2 Å². The number of carbonyl (C=O) groups excluding carboxylic acids is 1. The highest BCUT2D eigenvalue weighted by atomic mass is 16.3. The van der Waals surface area contributed by atoms with Crippen molar-refractivity contribution in [2.24, 2.45) is 5.73 Å². The molecule has 0 saturated carbocycles. The van der Waals surface area contributed by atoms with E-state index in [-0.39, 0.29) is 0 Å². The molecule has 0 aliphatic rings. The number of benzene rings is 1. The fourth-order valence-corrected chi connectivity index (χ4v) is 1.84. The summed E-state index contributed by atoms with van der Waals surface area (Å²) in [5.41, 5.74) is 7.57. The number of unbranched alkanes of at least 4 members (excludes halogenated alkanes) is 2. The van der Waals surface area contributed by atoms with E-state index in [0.717, 1.165) is 31.1 Å². The first-order valence-corrected chi connectivity index (χ1v) is 7.18. The Labute approximate surface area is 122 Å². The third-order valence-electron chi connectivity index (χ3n) is 2.81. The van der Waals surface area contributed by atoms with E-state index in [1.807, 2.05) is 32.3 Å². The molecule has 1 atom stereocenters. The molecule has 0 saturated heterocycles. The molecule has 0 spiro atoms. The van der Waals surface area contributed by atoms with Gasteiger partial charge in [0, 0.05) is 6.42 Å². The summed E-state index contributed by atoms with van der Waals surface area (Å²) in [6.45, 7) is 0.491. The summed E-state index contributed by atoms with van der Waals surface area (Å²) in [6, 6.07) is 7.97. The maximum absolute atomic E-state index is 10.2. The molecule has 0 bridgehead atoms. The second-order valence-electron chi connectivity index (χ2n) is 4.75. The van der Waals surface area contributed by atoms with Crippen molar-refractivity contribution < 1.29 is 9.90 Å². The molecule has 0 aromatic heterocycles. The molecule has 0 heterocycles.